The van der Waals surface area contributed by atoms with Gasteiger partial charge in [-0.2, -0.15) is 0 Å². The number of hydrogen-bond acceptors (Lipinski definition) is 4. The maximum Gasteiger partial charge on any atom is 0.407 e. The molecule has 0 heterocycles. The Kier molecular flexibility index (Phi) is 8.96. The zero-order valence-electron chi connectivity index (χ0n) is 13.3. The van der Waals surface area contributed by atoms with E-state index in [4.69, 9.17) is 4.74 Å². The molecule has 0 radical (unpaired) electrons. The minimum atomic E-state index is -0.481. The fourth-order valence-electron chi connectivity index (χ4n) is 1.34. The average molecular weight is 287 g/mol. The van der Waals surface area contributed by atoms with Crippen molar-refractivity contribution in [3.8, 4) is 0 Å². The molecule has 0 saturated carbocycles. The molecular weight excluding hydrogens is 258 g/mol. The molecule has 20 heavy (non-hydrogen) atoms. The fraction of sp³-hybridized carbons (Fsp3) is 0.857. The van der Waals surface area contributed by atoms with Gasteiger partial charge in [0.15, 0.2) is 0 Å². The number of nitrogens with one attached hydrogen (secondary N) is 3. The molecule has 0 aromatic rings. The number of carbonyl (C=O) groups excluding carboxylic acids is 2. The molecule has 3 N–H and O–H groups in total. The van der Waals surface area contributed by atoms with E-state index in [-0.39, 0.29) is 11.9 Å². The summed E-state index contributed by atoms with van der Waals surface area (Å²) < 4.78 is 5.10. The average Bonchev–Trinajstić information content (AvgIpc) is 2.31. The quantitative estimate of drug-likeness (QED) is 0.590. The van der Waals surface area contributed by atoms with E-state index < -0.39 is 11.7 Å². The van der Waals surface area contributed by atoms with Crippen LogP contribution in [-0.2, 0) is 9.53 Å². The van der Waals surface area contributed by atoms with Crippen molar-refractivity contribution >= 4 is 12.0 Å². The lowest BCUT2D eigenvalue weighted by Gasteiger charge is -2.19. The molecule has 0 aliphatic heterocycles. The molecule has 0 aliphatic carbocycles. The van der Waals surface area contributed by atoms with Crippen LogP contribution < -0.4 is 16.0 Å². The molecule has 0 aromatic heterocycles. The highest BCUT2D eigenvalue weighted by Crippen LogP contribution is 2.05. The lowest BCUT2D eigenvalue weighted by molar-refractivity contribution is -0.121. The Labute approximate surface area is 122 Å². The second kappa shape index (κ2) is 9.58. The van der Waals surface area contributed by atoms with Gasteiger partial charge < -0.3 is 20.7 Å². The number of carbonyl (C=O) groups is 2. The van der Waals surface area contributed by atoms with Crippen molar-refractivity contribution in [2.75, 3.05) is 19.6 Å². The first-order valence-electron chi connectivity index (χ1n) is 7.21. The summed E-state index contributed by atoms with van der Waals surface area (Å²) in [5, 5.41) is 8.63. The predicted molar refractivity (Wildman–Crippen MR) is 79.6 cm³/mol. The highest BCUT2D eigenvalue weighted by atomic mass is 16.6. The van der Waals surface area contributed by atoms with E-state index in [9.17, 15) is 9.59 Å². The Morgan fingerprint density at radius 3 is 2.35 bits per heavy atom. The molecule has 118 valence electrons. The van der Waals surface area contributed by atoms with Gasteiger partial charge in [0.1, 0.15) is 5.60 Å². The molecule has 0 fully saturated rings. The third-order valence-corrected chi connectivity index (χ3v) is 2.52. The summed E-state index contributed by atoms with van der Waals surface area (Å²) in [7, 11) is 0. The van der Waals surface area contributed by atoms with Gasteiger partial charge in [-0.15, -0.1) is 0 Å². The van der Waals surface area contributed by atoms with Crippen LogP contribution in [0, 0.1) is 0 Å². The van der Waals surface area contributed by atoms with Gasteiger partial charge in [0, 0.05) is 32.1 Å². The Hall–Kier alpha value is -1.30. The third kappa shape index (κ3) is 11.8. The normalized spacial score (nSPS) is 12.7. The summed E-state index contributed by atoms with van der Waals surface area (Å²) in [5.41, 5.74) is -0.481. The van der Waals surface area contributed by atoms with E-state index in [0.717, 1.165) is 6.42 Å². The summed E-state index contributed by atoms with van der Waals surface area (Å²) in [5.74, 6) is 0.0481. The van der Waals surface area contributed by atoms with Crippen molar-refractivity contribution in [2.24, 2.45) is 0 Å². The van der Waals surface area contributed by atoms with Crippen molar-refractivity contribution in [3.05, 3.63) is 0 Å². The third-order valence-electron chi connectivity index (χ3n) is 2.52. The van der Waals surface area contributed by atoms with Gasteiger partial charge >= 0.3 is 6.09 Å². The molecule has 6 heteroatoms. The smallest absolute Gasteiger partial charge is 0.407 e. The van der Waals surface area contributed by atoms with Crippen LogP contribution in [0.5, 0.6) is 0 Å². The zero-order chi connectivity index (χ0) is 15.6. The van der Waals surface area contributed by atoms with E-state index in [1.165, 1.54) is 0 Å². The highest BCUT2D eigenvalue weighted by Gasteiger charge is 2.15. The van der Waals surface area contributed by atoms with Crippen molar-refractivity contribution in [2.45, 2.75) is 59.1 Å². The summed E-state index contributed by atoms with van der Waals surface area (Å²) in [6, 6.07) is 0.219. The van der Waals surface area contributed by atoms with E-state index >= 15 is 0 Å². The molecule has 1 atom stereocenters. The van der Waals surface area contributed by atoms with Crippen LogP contribution in [0.25, 0.3) is 0 Å². The summed E-state index contributed by atoms with van der Waals surface area (Å²) in [6.45, 7) is 11.2. The Balaban J connectivity index is 3.49. The first-order chi connectivity index (χ1) is 9.24. The minimum Gasteiger partial charge on any atom is -0.444 e. The highest BCUT2D eigenvalue weighted by molar-refractivity contribution is 5.76. The molecule has 0 aromatic carbocycles. The van der Waals surface area contributed by atoms with Crippen LogP contribution in [0.15, 0.2) is 0 Å². The standard InChI is InChI=1S/C14H29N3O3/c1-6-11(2)17-12(18)7-8-15-9-10-16-13(19)20-14(3,4)5/h11,15H,6-10H2,1-5H3,(H,16,19)(H,17,18). The van der Waals surface area contributed by atoms with Gasteiger partial charge in [-0.3, -0.25) is 4.79 Å². The van der Waals surface area contributed by atoms with Crippen LogP contribution in [0.4, 0.5) is 4.79 Å². The minimum absolute atomic E-state index is 0.0481. The fourth-order valence-corrected chi connectivity index (χ4v) is 1.34. The van der Waals surface area contributed by atoms with Gasteiger partial charge in [0.25, 0.3) is 0 Å². The van der Waals surface area contributed by atoms with Crippen LogP contribution in [0.2, 0.25) is 0 Å². The number of hydrogen-bond donors (Lipinski definition) is 3. The number of amides is 2. The van der Waals surface area contributed by atoms with E-state index in [1.54, 1.807) is 0 Å². The Morgan fingerprint density at radius 2 is 1.80 bits per heavy atom. The Bertz CT molecular complexity index is 301. The summed E-state index contributed by atoms with van der Waals surface area (Å²) in [4.78, 5) is 22.8. The first-order valence-corrected chi connectivity index (χ1v) is 7.21. The maximum absolute atomic E-state index is 11.5. The molecule has 0 aliphatic rings. The molecular formula is C14H29N3O3. The monoisotopic (exact) mass is 287 g/mol. The lowest BCUT2D eigenvalue weighted by atomic mass is 10.2. The van der Waals surface area contributed by atoms with E-state index in [0.29, 0.717) is 26.1 Å². The van der Waals surface area contributed by atoms with Gasteiger partial charge in [-0.05, 0) is 34.1 Å². The van der Waals surface area contributed by atoms with E-state index in [1.807, 2.05) is 34.6 Å². The summed E-state index contributed by atoms with van der Waals surface area (Å²) >= 11 is 0. The topological polar surface area (TPSA) is 79.5 Å². The summed E-state index contributed by atoms with van der Waals surface area (Å²) in [6.07, 6.45) is 0.948. The van der Waals surface area contributed by atoms with Gasteiger partial charge in [0.2, 0.25) is 5.91 Å². The SMILES string of the molecule is CCC(C)NC(=O)CCNCCNC(=O)OC(C)(C)C. The second-order valence-electron chi connectivity index (χ2n) is 5.81. The van der Waals surface area contributed by atoms with Crippen molar-refractivity contribution < 1.29 is 14.3 Å². The van der Waals surface area contributed by atoms with Crippen molar-refractivity contribution in [1.82, 2.24) is 16.0 Å². The molecule has 2 amide bonds. The molecule has 6 nitrogen and oxygen atoms in total. The van der Waals surface area contributed by atoms with Crippen LogP contribution >= 0.6 is 0 Å². The molecule has 0 rings (SSSR count). The Morgan fingerprint density at radius 1 is 1.15 bits per heavy atom. The zero-order valence-corrected chi connectivity index (χ0v) is 13.3. The molecule has 1 unspecified atom stereocenters. The van der Waals surface area contributed by atoms with Crippen molar-refractivity contribution in [3.63, 3.8) is 0 Å². The number of rotatable bonds is 8. The molecule has 0 spiro atoms. The number of alkyl carbamates (subject to hydrolysis) is 1. The van der Waals surface area contributed by atoms with Crippen LogP contribution in [0.3, 0.4) is 0 Å². The van der Waals surface area contributed by atoms with Crippen LogP contribution in [-0.4, -0.2) is 43.3 Å². The van der Waals surface area contributed by atoms with E-state index in [2.05, 4.69) is 16.0 Å². The van der Waals surface area contributed by atoms with Crippen molar-refractivity contribution in [1.29, 1.82) is 0 Å². The number of ether oxygens (including phenoxy) is 1. The molecule has 0 bridgehead atoms. The van der Waals surface area contributed by atoms with Crippen LogP contribution in [0.1, 0.15) is 47.5 Å². The largest absolute Gasteiger partial charge is 0.444 e. The van der Waals surface area contributed by atoms with Gasteiger partial charge in [-0.1, -0.05) is 6.92 Å². The maximum atomic E-state index is 11.5. The lowest BCUT2D eigenvalue weighted by Crippen LogP contribution is -2.38. The first kappa shape index (κ1) is 18.7. The van der Waals surface area contributed by atoms with Gasteiger partial charge in [0.05, 0.1) is 0 Å². The second-order valence-corrected chi connectivity index (χ2v) is 5.81. The molecule has 0 saturated heterocycles. The van der Waals surface area contributed by atoms with Gasteiger partial charge in [-0.25, -0.2) is 4.79 Å². The predicted octanol–water partition coefficient (Wildman–Crippen LogP) is 1.41.